The summed E-state index contributed by atoms with van der Waals surface area (Å²) in [6.45, 7) is 1.99. The first kappa shape index (κ1) is 19.1. The van der Waals surface area contributed by atoms with Gasteiger partial charge in [-0.3, -0.25) is 0 Å². The number of hydrogen-bond donors (Lipinski definition) is 1. The summed E-state index contributed by atoms with van der Waals surface area (Å²) in [6.07, 6.45) is 2.73. The fourth-order valence-electron chi connectivity index (χ4n) is 3.38. The van der Waals surface area contributed by atoms with Crippen molar-refractivity contribution in [3.05, 3.63) is 83.8 Å². The molecule has 4 heteroatoms. The Labute approximate surface area is 161 Å². The van der Waals surface area contributed by atoms with E-state index in [0.717, 1.165) is 31.0 Å². The number of benzene rings is 2. The largest absolute Gasteiger partial charge is 0.496 e. The molecule has 3 rings (SSSR count). The van der Waals surface area contributed by atoms with E-state index in [1.807, 2.05) is 18.2 Å². The maximum Gasteiger partial charge on any atom is 0.122 e. The molecule has 0 aliphatic carbocycles. The Morgan fingerprint density at radius 1 is 1.00 bits per heavy atom. The summed E-state index contributed by atoms with van der Waals surface area (Å²) < 4.78 is 11.3. The summed E-state index contributed by atoms with van der Waals surface area (Å²) in [4.78, 5) is 2.12. The molecule has 0 radical (unpaired) electrons. The van der Waals surface area contributed by atoms with E-state index in [-0.39, 0.29) is 5.92 Å². The number of anilines is 1. The zero-order valence-electron chi connectivity index (χ0n) is 16.4. The van der Waals surface area contributed by atoms with Crippen molar-refractivity contribution < 1.29 is 14.5 Å². The molecular weight excluding hydrogens is 336 g/mol. The van der Waals surface area contributed by atoms with Gasteiger partial charge >= 0.3 is 0 Å². The van der Waals surface area contributed by atoms with E-state index >= 15 is 0 Å². The molecule has 2 aromatic carbocycles. The second-order valence-electron chi connectivity index (χ2n) is 6.94. The predicted molar refractivity (Wildman–Crippen MR) is 109 cm³/mol. The molecule has 142 valence electrons. The molecule has 3 aromatic rings. The molecule has 0 bridgehead atoms. The normalized spacial score (nSPS) is 12.0. The fourth-order valence-corrected chi connectivity index (χ4v) is 3.38. The van der Waals surface area contributed by atoms with Gasteiger partial charge in [-0.1, -0.05) is 30.3 Å². The number of rotatable bonds is 9. The van der Waals surface area contributed by atoms with Gasteiger partial charge in [0.15, 0.2) is 0 Å². The molecule has 1 aromatic heterocycles. The molecule has 0 unspecified atom stereocenters. The molecule has 2 N–H and O–H groups in total. The highest BCUT2D eigenvalue weighted by Crippen LogP contribution is 2.34. The van der Waals surface area contributed by atoms with Gasteiger partial charge < -0.3 is 19.4 Å². The van der Waals surface area contributed by atoms with E-state index < -0.39 is 0 Å². The Balaban J connectivity index is 1.62. The van der Waals surface area contributed by atoms with Crippen LogP contribution in [0.15, 0.2) is 71.3 Å². The summed E-state index contributed by atoms with van der Waals surface area (Å²) in [6, 6.07) is 21.0. The molecule has 0 saturated carbocycles. The van der Waals surface area contributed by atoms with Crippen LogP contribution in [0.3, 0.4) is 0 Å². The third-order valence-electron chi connectivity index (χ3n) is 4.89. The van der Waals surface area contributed by atoms with Gasteiger partial charge in [-0.2, -0.15) is 0 Å². The Hall–Kier alpha value is -2.72. The van der Waals surface area contributed by atoms with Crippen molar-refractivity contribution in [3.8, 4) is 5.75 Å². The molecule has 0 fully saturated rings. The van der Waals surface area contributed by atoms with Gasteiger partial charge in [-0.15, -0.1) is 0 Å². The number of para-hydroxylation sites is 1. The zero-order chi connectivity index (χ0) is 19.1. The molecule has 0 saturated heterocycles. The Morgan fingerprint density at radius 3 is 2.44 bits per heavy atom. The fraction of sp³-hybridized carbons (Fsp3) is 0.304. The molecular formula is C23H29N2O2+. The first-order valence-electron chi connectivity index (χ1n) is 9.43. The van der Waals surface area contributed by atoms with Crippen LogP contribution in [-0.2, 0) is 6.54 Å². The number of nitrogens with zero attached hydrogens (tertiary/aromatic N) is 1. The number of quaternary nitrogens is 1. The van der Waals surface area contributed by atoms with Crippen molar-refractivity contribution in [2.75, 3.05) is 32.6 Å². The van der Waals surface area contributed by atoms with Gasteiger partial charge in [0.05, 0.1) is 25.8 Å². The van der Waals surface area contributed by atoms with E-state index in [4.69, 9.17) is 9.15 Å². The topological polar surface area (TPSA) is 42.2 Å². The van der Waals surface area contributed by atoms with Gasteiger partial charge in [0, 0.05) is 37.3 Å². The van der Waals surface area contributed by atoms with Crippen molar-refractivity contribution in [1.82, 2.24) is 0 Å². The molecule has 4 nitrogen and oxygen atoms in total. The van der Waals surface area contributed by atoms with Crippen LogP contribution < -0.4 is 15.0 Å². The second kappa shape index (κ2) is 9.28. The van der Waals surface area contributed by atoms with Crippen LogP contribution in [0.25, 0.3) is 0 Å². The van der Waals surface area contributed by atoms with Crippen molar-refractivity contribution >= 4 is 5.69 Å². The summed E-state index contributed by atoms with van der Waals surface area (Å²) >= 11 is 0. The molecule has 1 atom stereocenters. The van der Waals surface area contributed by atoms with E-state index in [0.29, 0.717) is 0 Å². The van der Waals surface area contributed by atoms with Crippen LogP contribution in [0.5, 0.6) is 5.75 Å². The Morgan fingerprint density at radius 2 is 1.78 bits per heavy atom. The quantitative estimate of drug-likeness (QED) is 0.589. The third-order valence-corrected chi connectivity index (χ3v) is 4.89. The lowest BCUT2D eigenvalue weighted by atomic mass is 9.92. The van der Waals surface area contributed by atoms with Gasteiger partial charge in [-0.25, -0.2) is 0 Å². The van der Waals surface area contributed by atoms with Crippen LogP contribution in [0.4, 0.5) is 5.69 Å². The highest BCUT2D eigenvalue weighted by Gasteiger charge is 2.21. The predicted octanol–water partition coefficient (Wildman–Crippen LogP) is 3.64. The van der Waals surface area contributed by atoms with Gasteiger partial charge in [-0.05, 0) is 30.3 Å². The minimum absolute atomic E-state index is 0.198. The van der Waals surface area contributed by atoms with Crippen molar-refractivity contribution in [3.63, 3.8) is 0 Å². The number of ether oxygens (including phenoxy) is 1. The number of furan rings is 1. The first-order chi connectivity index (χ1) is 13.2. The Kier molecular flexibility index (Phi) is 6.55. The van der Waals surface area contributed by atoms with Crippen molar-refractivity contribution in [1.29, 1.82) is 0 Å². The molecule has 0 amide bonds. The smallest absolute Gasteiger partial charge is 0.122 e. The second-order valence-corrected chi connectivity index (χ2v) is 6.94. The number of hydrogen-bond acceptors (Lipinski definition) is 3. The Bertz CT molecular complexity index is 811. The van der Waals surface area contributed by atoms with E-state index in [1.165, 1.54) is 16.8 Å². The molecule has 0 aliphatic heterocycles. The highest BCUT2D eigenvalue weighted by molar-refractivity contribution is 5.45. The maximum atomic E-state index is 5.73. The van der Waals surface area contributed by atoms with E-state index in [2.05, 4.69) is 66.8 Å². The monoisotopic (exact) mass is 365 g/mol. The lowest BCUT2D eigenvalue weighted by Crippen LogP contribution is -2.82. The standard InChI is InChI=1S/C23H28N2O2/c1-25(2)19-12-10-18(11-13-19)17-24-15-14-21(23-9-6-16-27-23)20-7-4-5-8-22(20)26-3/h4-13,16,21,24H,14-15,17H2,1-3H3/p+1/t21-/m1/s1. The molecule has 0 spiro atoms. The van der Waals surface area contributed by atoms with Crippen LogP contribution in [-0.4, -0.2) is 27.7 Å². The van der Waals surface area contributed by atoms with Gasteiger partial charge in [0.2, 0.25) is 0 Å². The lowest BCUT2D eigenvalue weighted by Gasteiger charge is -2.17. The van der Waals surface area contributed by atoms with Crippen LogP contribution in [0, 0.1) is 0 Å². The van der Waals surface area contributed by atoms with Gasteiger partial charge in [0.1, 0.15) is 18.1 Å². The number of methoxy groups -OCH3 is 1. The number of nitrogens with two attached hydrogens (primary N) is 1. The van der Waals surface area contributed by atoms with Crippen molar-refractivity contribution in [2.24, 2.45) is 0 Å². The lowest BCUT2D eigenvalue weighted by molar-refractivity contribution is -0.671. The van der Waals surface area contributed by atoms with E-state index in [9.17, 15) is 0 Å². The average Bonchev–Trinajstić information content (AvgIpc) is 3.23. The molecule has 1 heterocycles. The third kappa shape index (κ3) is 4.92. The van der Waals surface area contributed by atoms with Crippen LogP contribution >= 0.6 is 0 Å². The maximum absolute atomic E-state index is 5.73. The summed E-state index contributed by atoms with van der Waals surface area (Å²) in [5.74, 6) is 2.10. The highest BCUT2D eigenvalue weighted by atomic mass is 16.5. The van der Waals surface area contributed by atoms with Crippen molar-refractivity contribution in [2.45, 2.75) is 18.9 Å². The van der Waals surface area contributed by atoms with Crippen LogP contribution in [0.1, 0.15) is 29.2 Å². The summed E-state index contributed by atoms with van der Waals surface area (Å²) in [5, 5.41) is 2.36. The average molecular weight is 365 g/mol. The minimum atomic E-state index is 0.198. The molecule has 27 heavy (non-hydrogen) atoms. The molecule has 0 aliphatic rings. The minimum Gasteiger partial charge on any atom is -0.496 e. The van der Waals surface area contributed by atoms with E-state index in [1.54, 1.807) is 13.4 Å². The SMILES string of the molecule is COc1ccccc1[C@@H](CC[NH2+]Cc1ccc(N(C)C)cc1)c1ccco1. The van der Waals surface area contributed by atoms with Crippen LogP contribution in [0.2, 0.25) is 0 Å². The summed E-state index contributed by atoms with van der Waals surface area (Å²) in [7, 11) is 5.85. The van der Waals surface area contributed by atoms with Gasteiger partial charge in [0.25, 0.3) is 0 Å². The zero-order valence-corrected chi connectivity index (χ0v) is 16.4. The summed E-state index contributed by atoms with van der Waals surface area (Å²) in [5.41, 5.74) is 3.75. The first-order valence-corrected chi connectivity index (χ1v) is 9.43.